The van der Waals surface area contributed by atoms with Crippen LogP contribution in [0.25, 0.3) is 11.3 Å². The van der Waals surface area contributed by atoms with E-state index >= 15 is 0 Å². The second-order valence-electron chi connectivity index (χ2n) is 6.80. The molecular formula is C20H18NO4-. The molecule has 1 fully saturated rings. The van der Waals surface area contributed by atoms with Crippen molar-refractivity contribution in [2.75, 3.05) is 5.32 Å². The highest BCUT2D eigenvalue weighted by Gasteiger charge is 2.48. The van der Waals surface area contributed by atoms with Crippen LogP contribution in [0.4, 0.5) is 5.69 Å². The fourth-order valence-corrected chi connectivity index (χ4v) is 4.03. The number of aryl methyl sites for hydroxylation is 1. The Morgan fingerprint density at radius 2 is 1.72 bits per heavy atom. The number of furan rings is 1. The maximum absolute atomic E-state index is 12.6. The van der Waals surface area contributed by atoms with E-state index in [0.29, 0.717) is 12.1 Å². The molecule has 4 rings (SSSR count). The Balaban J connectivity index is 1.49. The van der Waals surface area contributed by atoms with Crippen molar-refractivity contribution >= 4 is 17.6 Å². The fraction of sp³-hybridized carbons (Fsp3) is 0.300. The topological polar surface area (TPSA) is 82.4 Å². The number of hydrogen-bond donors (Lipinski definition) is 1. The van der Waals surface area contributed by atoms with E-state index < -0.39 is 17.8 Å². The van der Waals surface area contributed by atoms with Crippen molar-refractivity contribution in [2.45, 2.75) is 13.3 Å². The first-order valence-corrected chi connectivity index (χ1v) is 8.40. The first-order valence-electron chi connectivity index (χ1n) is 8.40. The van der Waals surface area contributed by atoms with Crippen molar-refractivity contribution in [3.63, 3.8) is 0 Å². The molecule has 0 radical (unpaired) electrons. The molecule has 1 amide bonds. The van der Waals surface area contributed by atoms with Gasteiger partial charge in [0.2, 0.25) is 5.91 Å². The van der Waals surface area contributed by atoms with Gasteiger partial charge in [0.15, 0.2) is 0 Å². The highest BCUT2D eigenvalue weighted by Crippen LogP contribution is 2.48. The Labute approximate surface area is 145 Å². The second kappa shape index (κ2) is 5.92. The minimum Gasteiger partial charge on any atom is -0.550 e. The number of amides is 1. The summed E-state index contributed by atoms with van der Waals surface area (Å²) in [6.45, 7) is 1.88. The summed E-state index contributed by atoms with van der Waals surface area (Å²) in [5, 5.41) is 14.3. The molecule has 4 atom stereocenters. The van der Waals surface area contributed by atoms with Crippen LogP contribution in [0.1, 0.15) is 12.2 Å². The van der Waals surface area contributed by atoms with Crippen molar-refractivity contribution in [3.05, 3.63) is 54.3 Å². The molecule has 25 heavy (non-hydrogen) atoms. The molecule has 0 unspecified atom stereocenters. The normalized spacial score (nSPS) is 26.8. The number of carboxylic acid groups (broad SMARTS) is 1. The molecule has 1 N–H and O–H groups in total. The van der Waals surface area contributed by atoms with Gasteiger partial charge in [-0.05, 0) is 61.6 Å². The summed E-state index contributed by atoms with van der Waals surface area (Å²) in [5.41, 5.74) is 1.56. The van der Waals surface area contributed by atoms with Gasteiger partial charge in [0.05, 0.1) is 5.92 Å². The van der Waals surface area contributed by atoms with Gasteiger partial charge in [-0.15, -0.1) is 0 Å². The number of carbonyl (C=O) groups is 2. The summed E-state index contributed by atoms with van der Waals surface area (Å²) in [6.07, 6.45) is 4.57. The zero-order valence-electron chi connectivity index (χ0n) is 13.8. The number of allylic oxidation sites excluding steroid dienone is 2. The average Bonchev–Trinajstić information content (AvgIpc) is 3.30. The number of nitrogens with one attached hydrogen (secondary N) is 1. The molecule has 128 valence electrons. The number of carboxylic acids is 1. The lowest BCUT2D eigenvalue weighted by Crippen LogP contribution is -2.42. The van der Waals surface area contributed by atoms with Gasteiger partial charge in [-0.2, -0.15) is 0 Å². The van der Waals surface area contributed by atoms with Gasteiger partial charge in [0.1, 0.15) is 11.5 Å². The molecule has 0 saturated heterocycles. The van der Waals surface area contributed by atoms with E-state index in [1.54, 1.807) is 12.1 Å². The number of anilines is 1. The molecule has 2 aromatic rings. The minimum atomic E-state index is -1.14. The summed E-state index contributed by atoms with van der Waals surface area (Å²) in [4.78, 5) is 24.0. The second-order valence-corrected chi connectivity index (χ2v) is 6.80. The van der Waals surface area contributed by atoms with Crippen LogP contribution in [0.5, 0.6) is 0 Å². The Kier molecular flexibility index (Phi) is 3.71. The standard InChI is InChI=1S/C20H19NO4/c1-11-2-9-16(25-11)12-5-7-15(8-6-12)21-19(22)17-13-3-4-14(10-13)18(17)20(23)24/h2-9,13-14,17-18H,10H2,1H3,(H,21,22)(H,23,24)/p-1/t13-,14+,17+,18+/m0/s1. The number of aliphatic carboxylic acids is 1. The lowest BCUT2D eigenvalue weighted by Gasteiger charge is -2.27. The van der Waals surface area contributed by atoms with Crippen LogP contribution in [-0.2, 0) is 9.59 Å². The van der Waals surface area contributed by atoms with Crippen molar-refractivity contribution in [1.82, 2.24) is 0 Å². The highest BCUT2D eigenvalue weighted by atomic mass is 16.4. The van der Waals surface area contributed by atoms with E-state index in [-0.39, 0.29) is 17.7 Å². The first kappa shape index (κ1) is 15.7. The lowest BCUT2D eigenvalue weighted by molar-refractivity contribution is -0.313. The summed E-state index contributed by atoms with van der Waals surface area (Å²) >= 11 is 0. The number of carbonyl (C=O) groups excluding carboxylic acids is 2. The van der Waals surface area contributed by atoms with Gasteiger partial charge in [-0.1, -0.05) is 12.2 Å². The Morgan fingerprint density at radius 1 is 1.04 bits per heavy atom. The number of rotatable bonds is 4. The Bertz CT molecular complexity index is 849. The monoisotopic (exact) mass is 336 g/mol. The molecular weight excluding hydrogens is 318 g/mol. The zero-order valence-corrected chi connectivity index (χ0v) is 13.8. The summed E-state index contributed by atoms with van der Waals surface area (Å²) in [6, 6.07) is 11.1. The van der Waals surface area contributed by atoms with Crippen molar-refractivity contribution < 1.29 is 19.1 Å². The predicted octanol–water partition coefficient (Wildman–Crippen LogP) is 2.38. The van der Waals surface area contributed by atoms with E-state index in [4.69, 9.17) is 4.42 Å². The van der Waals surface area contributed by atoms with E-state index in [1.807, 2.05) is 43.3 Å². The molecule has 2 aliphatic rings. The number of hydrogen-bond acceptors (Lipinski definition) is 4. The third kappa shape index (κ3) is 2.76. The predicted molar refractivity (Wildman–Crippen MR) is 90.2 cm³/mol. The summed E-state index contributed by atoms with van der Waals surface area (Å²) < 4.78 is 5.58. The van der Waals surface area contributed by atoms with Crippen molar-refractivity contribution in [1.29, 1.82) is 0 Å². The zero-order chi connectivity index (χ0) is 17.6. The summed E-state index contributed by atoms with van der Waals surface area (Å²) in [7, 11) is 0. The van der Waals surface area contributed by atoms with E-state index in [2.05, 4.69) is 5.32 Å². The largest absolute Gasteiger partial charge is 0.550 e. The quantitative estimate of drug-likeness (QED) is 0.869. The molecule has 0 aliphatic heterocycles. The van der Waals surface area contributed by atoms with Crippen LogP contribution >= 0.6 is 0 Å². The van der Waals surface area contributed by atoms with Gasteiger partial charge < -0.3 is 19.6 Å². The smallest absolute Gasteiger partial charge is 0.228 e. The fourth-order valence-electron chi connectivity index (χ4n) is 4.03. The minimum absolute atomic E-state index is 0.0155. The van der Waals surface area contributed by atoms with E-state index in [9.17, 15) is 14.7 Å². The van der Waals surface area contributed by atoms with E-state index in [1.165, 1.54) is 0 Å². The van der Waals surface area contributed by atoms with Crippen molar-refractivity contribution in [2.24, 2.45) is 23.7 Å². The maximum atomic E-state index is 12.6. The van der Waals surface area contributed by atoms with Gasteiger partial charge >= 0.3 is 0 Å². The molecule has 1 saturated carbocycles. The number of fused-ring (bicyclic) bond motifs is 2. The van der Waals surface area contributed by atoms with Crippen LogP contribution in [0.2, 0.25) is 0 Å². The van der Waals surface area contributed by atoms with Gasteiger partial charge in [0, 0.05) is 23.1 Å². The first-order chi connectivity index (χ1) is 12.0. The van der Waals surface area contributed by atoms with Crippen LogP contribution in [0.3, 0.4) is 0 Å². The Morgan fingerprint density at radius 3 is 2.32 bits per heavy atom. The van der Waals surface area contributed by atoms with E-state index in [0.717, 1.165) is 17.1 Å². The lowest BCUT2D eigenvalue weighted by atomic mass is 9.82. The van der Waals surface area contributed by atoms with Crippen LogP contribution in [0, 0.1) is 30.6 Å². The molecule has 5 nitrogen and oxygen atoms in total. The third-order valence-corrected chi connectivity index (χ3v) is 5.21. The SMILES string of the molecule is Cc1ccc(-c2ccc(NC(=O)[C@H]3[C@H](C(=O)[O-])[C@@H]4C=C[C@H]3C4)cc2)o1. The van der Waals surface area contributed by atoms with Gasteiger partial charge in [0.25, 0.3) is 0 Å². The molecule has 2 aliphatic carbocycles. The molecule has 0 spiro atoms. The highest BCUT2D eigenvalue weighted by molar-refractivity contribution is 5.96. The van der Waals surface area contributed by atoms with Crippen molar-refractivity contribution in [3.8, 4) is 11.3 Å². The third-order valence-electron chi connectivity index (χ3n) is 5.21. The number of benzene rings is 1. The van der Waals surface area contributed by atoms with Gasteiger partial charge in [-0.25, -0.2) is 0 Å². The van der Waals surface area contributed by atoms with Crippen LogP contribution in [0.15, 0.2) is 53.0 Å². The van der Waals surface area contributed by atoms with Gasteiger partial charge in [-0.3, -0.25) is 4.79 Å². The van der Waals surface area contributed by atoms with Crippen LogP contribution < -0.4 is 10.4 Å². The average molecular weight is 336 g/mol. The molecule has 2 bridgehead atoms. The molecule has 5 heteroatoms. The molecule has 1 heterocycles. The summed E-state index contributed by atoms with van der Waals surface area (Å²) in [5.74, 6) is -1.19. The Hall–Kier alpha value is -2.82. The maximum Gasteiger partial charge on any atom is 0.228 e. The molecule has 1 aromatic heterocycles. The van der Waals surface area contributed by atoms with Crippen LogP contribution in [-0.4, -0.2) is 11.9 Å². The molecule has 1 aromatic carbocycles.